The molecule has 18 heavy (non-hydrogen) atoms. The van der Waals surface area contributed by atoms with Crippen LogP contribution < -0.4 is 5.32 Å². The Bertz CT molecular complexity index is 382. The summed E-state index contributed by atoms with van der Waals surface area (Å²) in [5.41, 5.74) is -0.754. The van der Waals surface area contributed by atoms with Crippen molar-refractivity contribution in [1.29, 1.82) is 0 Å². The first-order chi connectivity index (χ1) is 8.65. The molecule has 0 bridgehead atoms. The first-order valence-electron chi connectivity index (χ1n) is 6.57. The van der Waals surface area contributed by atoms with Crippen molar-refractivity contribution >= 4 is 0 Å². The molecule has 1 aromatic heterocycles. The van der Waals surface area contributed by atoms with Gasteiger partial charge in [0.25, 0.3) is 0 Å². The fraction of sp³-hybridized carbons (Fsp3) is 0.833. The van der Waals surface area contributed by atoms with E-state index in [1.54, 1.807) is 6.33 Å². The summed E-state index contributed by atoms with van der Waals surface area (Å²) >= 11 is 0. The molecule has 0 saturated carbocycles. The summed E-state index contributed by atoms with van der Waals surface area (Å²) in [4.78, 5) is 4.22. The number of ether oxygens (including phenoxy) is 1. The van der Waals surface area contributed by atoms with E-state index in [-0.39, 0.29) is 6.10 Å². The Morgan fingerprint density at radius 1 is 1.67 bits per heavy atom. The third-order valence-electron chi connectivity index (χ3n) is 3.50. The Labute approximate surface area is 107 Å². The molecule has 0 radical (unpaired) electrons. The van der Waals surface area contributed by atoms with E-state index in [1.165, 1.54) is 0 Å². The molecule has 2 rings (SSSR count). The number of rotatable bonds is 6. The molecule has 0 aliphatic carbocycles. The van der Waals surface area contributed by atoms with Gasteiger partial charge in [0.1, 0.15) is 17.8 Å². The van der Waals surface area contributed by atoms with Gasteiger partial charge in [0.2, 0.25) is 0 Å². The SMILES string of the molecule is CCCn1ncnc1CNCC1(O)CCOC1C. The Hall–Kier alpha value is -0.980. The lowest BCUT2D eigenvalue weighted by atomic mass is 9.97. The van der Waals surface area contributed by atoms with E-state index in [9.17, 15) is 5.11 Å². The Kier molecular flexibility index (Phi) is 4.31. The van der Waals surface area contributed by atoms with E-state index in [1.807, 2.05) is 11.6 Å². The van der Waals surface area contributed by atoms with Crippen LogP contribution in [0.1, 0.15) is 32.5 Å². The van der Waals surface area contributed by atoms with Gasteiger partial charge >= 0.3 is 0 Å². The third-order valence-corrected chi connectivity index (χ3v) is 3.50. The molecule has 2 atom stereocenters. The van der Waals surface area contributed by atoms with Gasteiger partial charge in [-0.2, -0.15) is 5.10 Å². The molecule has 1 saturated heterocycles. The zero-order valence-electron chi connectivity index (χ0n) is 11.1. The number of aromatic nitrogens is 3. The van der Waals surface area contributed by atoms with Crippen LogP contribution in [0, 0.1) is 0 Å². The number of hydrogen-bond donors (Lipinski definition) is 2. The summed E-state index contributed by atoms with van der Waals surface area (Å²) in [6.07, 6.45) is 3.18. The Morgan fingerprint density at radius 2 is 2.50 bits per heavy atom. The summed E-state index contributed by atoms with van der Waals surface area (Å²) < 4.78 is 7.29. The van der Waals surface area contributed by atoms with E-state index >= 15 is 0 Å². The monoisotopic (exact) mass is 254 g/mol. The summed E-state index contributed by atoms with van der Waals surface area (Å²) in [7, 11) is 0. The van der Waals surface area contributed by atoms with E-state index in [4.69, 9.17) is 4.74 Å². The number of aryl methyl sites for hydroxylation is 1. The number of hydrogen-bond acceptors (Lipinski definition) is 5. The van der Waals surface area contributed by atoms with Crippen LogP contribution in [0.5, 0.6) is 0 Å². The van der Waals surface area contributed by atoms with Gasteiger partial charge in [0.05, 0.1) is 12.6 Å². The topological polar surface area (TPSA) is 72.2 Å². The van der Waals surface area contributed by atoms with Crippen LogP contribution in [0.3, 0.4) is 0 Å². The quantitative estimate of drug-likeness (QED) is 0.765. The lowest BCUT2D eigenvalue weighted by Gasteiger charge is -2.26. The Balaban J connectivity index is 1.83. The molecule has 6 nitrogen and oxygen atoms in total. The standard InChI is InChI=1S/C12H22N4O2/c1-3-5-16-11(14-9-15-16)7-13-8-12(17)4-6-18-10(12)2/h9-10,13,17H,3-8H2,1-2H3. The van der Waals surface area contributed by atoms with Crippen LogP contribution in [0.2, 0.25) is 0 Å². The first-order valence-corrected chi connectivity index (χ1v) is 6.57. The van der Waals surface area contributed by atoms with Gasteiger partial charge in [-0.15, -0.1) is 0 Å². The van der Waals surface area contributed by atoms with Crippen molar-refractivity contribution in [1.82, 2.24) is 20.1 Å². The largest absolute Gasteiger partial charge is 0.386 e. The predicted octanol–water partition coefficient (Wildman–Crippen LogP) is 0.318. The highest BCUT2D eigenvalue weighted by Crippen LogP contribution is 2.24. The molecule has 1 fully saturated rings. The number of nitrogens with one attached hydrogen (secondary N) is 1. The normalized spacial score (nSPS) is 27.8. The van der Waals surface area contributed by atoms with Gasteiger partial charge in [-0.3, -0.25) is 0 Å². The highest BCUT2D eigenvalue weighted by molar-refractivity contribution is 4.93. The molecule has 0 aromatic carbocycles. The molecule has 2 N–H and O–H groups in total. The van der Waals surface area contributed by atoms with Crippen LogP contribution >= 0.6 is 0 Å². The molecule has 1 aliphatic heterocycles. The predicted molar refractivity (Wildman–Crippen MR) is 67.0 cm³/mol. The van der Waals surface area contributed by atoms with Crippen LogP contribution in [0.4, 0.5) is 0 Å². The molecule has 1 aromatic rings. The van der Waals surface area contributed by atoms with Gasteiger partial charge in [-0.1, -0.05) is 6.92 Å². The maximum atomic E-state index is 10.3. The molecular weight excluding hydrogens is 232 g/mol. The molecule has 2 unspecified atom stereocenters. The minimum Gasteiger partial charge on any atom is -0.386 e. The van der Waals surface area contributed by atoms with E-state index in [2.05, 4.69) is 22.3 Å². The molecule has 0 amide bonds. The van der Waals surface area contributed by atoms with Crippen LogP contribution in [-0.2, 0) is 17.8 Å². The second-order valence-electron chi connectivity index (χ2n) is 4.87. The van der Waals surface area contributed by atoms with Crippen LogP contribution in [0.15, 0.2) is 6.33 Å². The summed E-state index contributed by atoms with van der Waals surface area (Å²) in [6.45, 7) is 6.67. The maximum Gasteiger partial charge on any atom is 0.140 e. The molecule has 102 valence electrons. The summed E-state index contributed by atoms with van der Waals surface area (Å²) in [5.74, 6) is 0.909. The van der Waals surface area contributed by atoms with Crippen LogP contribution in [0.25, 0.3) is 0 Å². The van der Waals surface area contributed by atoms with Crippen molar-refractivity contribution in [2.45, 2.75) is 51.5 Å². The fourth-order valence-electron chi connectivity index (χ4n) is 2.22. The van der Waals surface area contributed by atoms with E-state index < -0.39 is 5.60 Å². The van der Waals surface area contributed by atoms with Crippen molar-refractivity contribution in [2.24, 2.45) is 0 Å². The lowest BCUT2D eigenvalue weighted by Crippen LogP contribution is -2.45. The summed E-state index contributed by atoms with van der Waals surface area (Å²) in [5, 5.41) is 17.7. The highest BCUT2D eigenvalue weighted by atomic mass is 16.5. The Morgan fingerprint density at radius 3 is 3.17 bits per heavy atom. The van der Waals surface area contributed by atoms with Gasteiger partial charge in [-0.05, 0) is 13.3 Å². The minimum atomic E-state index is -0.754. The van der Waals surface area contributed by atoms with E-state index in [0.717, 1.165) is 18.8 Å². The molecular formula is C12H22N4O2. The van der Waals surface area contributed by atoms with E-state index in [0.29, 0.717) is 26.1 Å². The second-order valence-corrected chi connectivity index (χ2v) is 4.87. The van der Waals surface area contributed by atoms with Crippen molar-refractivity contribution in [3.8, 4) is 0 Å². The van der Waals surface area contributed by atoms with Crippen molar-refractivity contribution in [2.75, 3.05) is 13.2 Å². The molecule has 0 spiro atoms. The smallest absolute Gasteiger partial charge is 0.140 e. The number of aliphatic hydroxyl groups is 1. The molecule has 6 heteroatoms. The summed E-state index contributed by atoms with van der Waals surface area (Å²) in [6, 6.07) is 0. The van der Waals surface area contributed by atoms with Crippen molar-refractivity contribution < 1.29 is 9.84 Å². The third kappa shape index (κ3) is 2.88. The van der Waals surface area contributed by atoms with Gasteiger partial charge < -0.3 is 15.2 Å². The van der Waals surface area contributed by atoms with Gasteiger partial charge in [-0.25, -0.2) is 9.67 Å². The highest BCUT2D eigenvalue weighted by Gasteiger charge is 2.38. The molecule has 2 heterocycles. The minimum absolute atomic E-state index is 0.112. The average molecular weight is 254 g/mol. The number of nitrogens with zero attached hydrogens (tertiary/aromatic N) is 3. The first kappa shape index (κ1) is 13.5. The maximum absolute atomic E-state index is 10.3. The van der Waals surface area contributed by atoms with Crippen molar-refractivity contribution in [3.05, 3.63) is 12.2 Å². The van der Waals surface area contributed by atoms with Gasteiger partial charge in [0.15, 0.2) is 0 Å². The second kappa shape index (κ2) is 5.77. The zero-order chi connectivity index (χ0) is 13.0. The lowest BCUT2D eigenvalue weighted by molar-refractivity contribution is -0.0264. The molecule has 1 aliphatic rings. The average Bonchev–Trinajstić information content (AvgIpc) is 2.89. The van der Waals surface area contributed by atoms with Crippen LogP contribution in [-0.4, -0.2) is 44.7 Å². The fourth-order valence-corrected chi connectivity index (χ4v) is 2.22. The van der Waals surface area contributed by atoms with Crippen molar-refractivity contribution in [3.63, 3.8) is 0 Å². The zero-order valence-corrected chi connectivity index (χ0v) is 11.1. The van der Waals surface area contributed by atoms with Gasteiger partial charge in [0, 0.05) is 26.1 Å².